The summed E-state index contributed by atoms with van der Waals surface area (Å²) in [5.41, 5.74) is 0. The zero-order valence-corrected chi connectivity index (χ0v) is 59.3. The molecule has 0 radical (unpaired) electrons. The zero-order valence-electron chi connectivity index (χ0n) is 59.3. The number of ether oxygens (including phenoxy) is 6. The summed E-state index contributed by atoms with van der Waals surface area (Å²) < 4.78 is 37.8. The second-order valence-corrected chi connectivity index (χ2v) is 30.1. The molecule has 0 amide bonds. The van der Waals surface area contributed by atoms with Gasteiger partial charge in [-0.1, -0.05) is 202 Å². The fourth-order valence-corrected chi connectivity index (χ4v) is 11.3. The lowest BCUT2D eigenvalue weighted by molar-refractivity contribution is -0.137. The highest BCUT2D eigenvalue weighted by Gasteiger charge is 2.27. The van der Waals surface area contributed by atoms with Crippen LogP contribution >= 0.6 is 0 Å². The third-order valence-corrected chi connectivity index (χ3v) is 17.9. The van der Waals surface area contributed by atoms with Gasteiger partial charge in [-0.3, -0.25) is 28.8 Å². The number of benzene rings is 4. The van der Waals surface area contributed by atoms with E-state index < -0.39 is 35.8 Å². The van der Waals surface area contributed by atoms with Crippen molar-refractivity contribution < 1.29 is 57.2 Å². The molecular formula is C78H120O12. The van der Waals surface area contributed by atoms with Gasteiger partial charge in [0, 0.05) is 38.5 Å². The number of rotatable bonds is 42. The van der Waals surface area contributed by atoms with Gasteiger partial charge in [0.25, 0.3) is 0 Å². The Morgan fingerprint density at radius 3 is 0.444 bits per heavy atom. The van der Waals surface area contributed by atoms with Crippen LogP contribution in [-0.4, -0.2) is 35.8 Å². The first-order chi connectivity index (χ1) is 42.5. The quantitative estimate of drug-likeness (QED) is 0.0235. The maximum atomic E-state index is 14.1. The van der Waals surface area contributed by atoms with Crippen molar-refractivity contribution in [3.05, 3.63) is 36.4 Å². The van der Waals surface area contributed by atoms with Gasteiger partial charge >= 0.3 is 35.8 Å². The summed E-state index contributed by atoms with van der Waals surface area (Å²) in [6.07, 6.45) is 16.3. The van der Waals surface area contributed by atoms with E-state index in [0.29, 0.717) is 106 Å². The number of esters is 6. The van der Waals surface area contributed by atoms with E-state index in [4.69, 9.17) is 28.4 Å². The van der Waals surface area contributed by atoms with Gasteiger partial charge in [0.05, 0.1) is 0 Å². The van der Waals surface area contributed by atoms with Crippen LogP contribution in [0, 0.1) is 71.0 Å². The first-order valence-corrected chi connectivity index (χ1v) is 35.3. The molecule has 4 aromatic rings. The van der Waals surface area contributed by atoms with Crippen LogP contribution < -0.4 is 28.4 Å². The summed E-state index contributed by atoms with van der Waals surface area (Å²) >= 11 is 0. The minimum atomic E-state index is -0.492. The SMILES string of the molecule is CC(C)CC[C@H](C)CCC(=O)Oc1cc2c3cc(OC(=O)CC[C@@H](C)CCC(C)C)c(OC(=O)CC[C@@H](C)CCC(C)C)cc3c3cc(OC(=O)CC[C@@H](C)CCC(C)C)c(OC(=O)CC[C@@H](C)CCC(C)C)cc3c2cc1OC(=O)CC[C@@H](C)CCC(C)C. The minimum Gasteiger partial charge on any atom is -0.422 e. The van der Waals surface area contributed by atoms with E-state index in [2.05, 4.69) is 125 Å². The van der Waals surface area contributed by atoms with Crippen molar-refractivity contribution in [2.75, 3.05) is 0 Å². The molecule has 6 atom stereocenters. The van der Waals surface area contributed by atoms with Gasteiger partial charge in [-0.05, 0) is 178 Å². The maximum absolute atomic E-state index is 14.1. The molecule has 0 saturated heterocycles. The van der Waals surface area contributed by atoms with Crippen LogP contribution in [-0.2, 0) is 28.8 Å². The largest absolute Gasteiger partial charge is 0.422 e. The van der Waals surface area contributed by atoms with E-state index in [0.717, 1.165) is 77.0 Å². The fraction of sp³-hybridized carbons (Fsp3) is 0.692. The monoisotopic (exact) mass is 1250 g/mol. The molecule has 0 N–H and O–H groups in total. The van der Waals surface area contributed by atoms with E-state index in [9.17, 15) is 28.8 Å². The molecule has 90 heavy (non-hydrogen) atoms. The van der Waals surface area contributed by atoms with E-state index in [-0.39, 0.29) is 109 Å². The second kappa shape index (κ2) is 39.1. The molecule has 0 unspecified atom stereocenters. The predicted molar refractivity (Wildman–Crippen MR) is 368 cm³/mol. The number of fused-ring (bicyclic) bond motifs is 6. The van der Waals surface area contributed by atoms with E-state index in [1.165, 1.54) is 0 Å². The van der Waals surface area contributed by atoms with Gasteiger partial charge in [-0.15, -0.1) is 0 Å². The fourth-order valence-electron chi connectivity index (χ4n) is 11.3. The van der Waals surface area contributed by atoms with Crippen LogP contribution in [0.1, 0.15) is 279 Å². The van der Waals surface area contributed by atoms with Crippen LogP contribution in [0.5, 0.6) is 34.5 Å². The summed E-state index contributed by atoms with van der Waals surface area (Å²) in [6, 6.07) is 10.1. The van der Waals surface area contributed by atoms with Gasteiger partial charge in [0.1, 0.15) is 0 Å². The molecule has 0 heterocycles. The van der Waals surface area contributed by atoms with Gasteiger partial charge in [0.15, 0.2) is 34.5 Å². The maximum Gasteiger partial charge on any atom is 0.311 e. The van der Waals surface area contributed by atoms with Crippen molar-refractivity contribution in [3.8, 4) is 34.5 Å². The zero-order chi connectivity index (χ0) is 66.8. The van der Waals surface area contributed by atoms with Crippen molar-refractivity contribution in [2.45, 2.75) is 279 Å². The van der Waals surface area contributed by atoms with Crippen LogP contribution in [0.15, 0.2) is 36.4 Å². The molecule has 0 saturated carbocycles. The Morgan fingerprint density at radius 1 is 0.211 bits per heavy atom. The Labute approximate surface area is 543 Å². The Kier molecular flexibility index (Phi) is 33.4. The summed E-state index contributed by atoms with van der Waals surface area (Å²) in [6.45, 7) is 39.1. The summed E-state index contributed by atoms with van der Waals surface area (Å²) in [5.74, 6) is 1.92. The Morgan fingerprint density at radius 2 is 0.333 bits per heavy atom. The highest BCUT2D eigenvalue weighted by atomic mass is 16.6. The van der Waals surface area contributed by atoms with Crippen molar-refractivity contribution in [3.63, 3.8) is 0 Å². The molecule has 0 aliphatic heterocycles. The first-order valence-electron chi connectivity index (χ1n) is 35.3. The molecule has 12 heteroatoms. The van der Waals surface area contributed by atoms with E-state index in [1.54, 1.807) is 36.4 Å². The van der Waals surface area contributed by atoms with Gasteiger partial charge in [-0.2, -0.15) is 0 Å². The molecular weight excluding hydrogens is 1130 g/mol. The normalized spacial score (nSPS) is 14.0. The molecule has 12 nitrogen and oxygen atoms in total. The summed E-state index contributed by atoms with van der Waals surface area (Å²) in [7, 11) is 0. The van der Waals surface area contributed by atoms with E-state index in [1.807, 2.05) is 0 Å². The van der Waals surface area contributed by atoms with Gasteiger partial charge in [0.2, 0.25) is 0 Å². The molecule has 0 fully saturated rings. The predicted octanol–water partition coefficient (Wildman–Crippen LogP) is 21.7. The highest BCUT2D eigenvalue weighted by Crippen LogP contribution is 2.48. The average molecular weight is 1250 g/mol. The number of carbonyl (C=O) groups is 6. The summed E-state index contributed by atoms with van der Waals surface area (Å²) in [4.78, 5) is 84.8. The van der Waals surface area contributed by atoms with Crippen LogP contribution in [0.4, 0.5) is 0 Å². The van der Waals surface area contributed by atoms with Gasteiger partial charge < -0.3 is 28.4 Å². The number of hydrogen-bond donors (Lipinski definition) is 0. The van der Waals surface area contributed by atoms with Crippen molar-refractivity contribution >= 4 is 68.1 Å². The Bertz CT molecular complexity index is 2380. The average Bonchev–Trinajstić information content (AvgIpc) is 0.730. The molecule has 0 aliphatic carbocycles. The van der Waals surface area contributed by atoms with Crippen molar-refractivity contribution in [2.24, 2.45) is 71.0 Å². The lowest BCUT2D eigenvalue weighted by Crippen LogP contribution is -2.14. The smallest absolute Gasteiger partial charge is 0.311 e. The van der Waals surface area contributed by atoms with Crippen molar-refractivity contribution in [1.82, 2.24) is 0 Å². The molecule has 504 valence electrons. The second-order valence-electron chi connectivity index (χ2n) is 30.1. The number of carbonyl (C=O) groups excluding carboxylic acids is 6. The molecule has 0 aliphatic rings. The van der Waals surface area contributed by atoms with E-state index >= 15 is 0 Å². The number of hydrogen-bond acceptors (Lipinski definition) is 12. The van der Waals surface area contributed by atoms with Gasteiger partial charge in [-0.25, -0.2) is 0 Å². The third-order valence-electron chi connectivity index (χ3n) is 17.9. The highest BCUT2D eigenvalue weighted by molar-refractivity contribution is 6.27. The molecule has 0 spiro atoms. The Balaban J connectivity index is 2.11. The third kappa shape index (κ3) is 28.6. The summed E-state index contributed by atoms with van der Waals surface area (Å²) in [5, 5.41) is 3.00. The minimum absolute atomic E-state index is 0.0200. The lowest BCUT2D eigenvalue weighted by atomic mass is 9.92. The molecule has 0 aromatic heterocycles. The molecule has 0 bridgehead atoms. The Hall–Kier alpha value is -5.52. The topological polar surface area (TPSA) is 158 Å². The van der Waals surface area contributed by atoms with Crippen LogP contribution in [0.3, 0.4) is 0 Å². The van der Waals surface area contributed by atoms with Crippen LogP contribution in [0.2, 0.25) is 0 Å². The van der Waals surface area contributed by atoms with Crippen LogP contribution in [0.25, 0.3) is 32.3 Å². The standard InChI is InChI=1S/C78H120O12/c1-49(2)19-25-55(13)31-37-73(79)85-67-43-61-62(44-68(67)86-74(80)38-32-56(14)26-20-50(3)4)64-46-70(88-76(82)40-34-58(16)28-22-52(7)8)72(90-78(84)42-36-60(18)30-24-54(11)12)48-66(64)65-47-71(89-77(83)41-35-59(17)29-23-53(9)10)69(45-63(61)65)87-75(81)39-33-57(15)27-21-51(5)6/h43-60H,19-42H2,1-18H3/t55-,56-,57-,58-,59-,60-/m0/s1. The lowest BCUT2D eigenvalue weighted by Gasteiger charge is -2.20. The first kappa shape index (κ1) is 76.9. The molecule has 4 rings (SSSR count). The van der Waals surface area contributed by atoms with Crippen molar-refractivity contribution in [1.29, 1.82) is 0 Å². The molecule has 4 aromatic carbocycles.